The van der Waals surface area contributed by atoms with Crippen molar-refractivity contribution in [3.05, 3.63) is 35.3 Å². The Labute approximate surface area is 118 Å². The van der Waals surface area contributed by atoms with Gasteiger partial charge in [0, 0.05) is 12.1 Å². The summed E-state index contributed by atoms with van der Waals surface area (Å²) in [6.07, 6.45) is 1.21. The first-order valence-corrected chi connectivity index (χ1v) is 6.73. The van der Waals surface area contributed by atoms with Crippen molar-refractivity contribution in [3.63, 3.8) is 0 Å². The zero-order valence-electron chi connectivity index (χ0n) is 12.3. The molecule has 2 aromatic heterocycles. The molecule has 0 saturated heterocycles. The summed E-state index contributed by atoms with van der Waals surface area (Å²) < 4.78 is 15.1. The number of nitrogens with zero attached hydrogens (tertiary/aromatic N) is 4. The molecule has 2 heterocycles. The van der Waals surface area contributed by atoms with E-state index in [1.807, 2.05) is 13.8 Å². The van der Waals surface area contributed by atoms with Gasteiger partial charge in [-0.1, -0.05) is 13.8 Å². The van der Waals surface area contributed by atoms with Crippen molar-refractivity contribution in [1.82, 2.24) is 25.1 Å². The molecule has 0 amide bonds. The van der Waals surface area contributed by atoms with E-state index in [2.05, 4.69) is 34.2 Å². The molecule has 0 atom stereocenters. The summed E-state index contributed by atoms with van der Waals surface area (Å²) in [5.74, 6) is 2.24. The number of aryl methyl sites for hydroxylation is 2. The van der Waals surface area contributed by atoms with Crippen molar-refractivity contribution >= 4 is 0 Å². The van der Waals surface area contributed by atoms with Gasteiger partial charge in [-0.05, 0) is 32.4 Å². The van der Waals surface area contributed by atoms with Crippen LogP contribution in [0.5, 0.6) is 0 Å². The first kappa shape index (κ1) is 14.6. The van der Waals surface area contributed by atoms with E-state index in [1.54, 1.807) is 4.68 Å². The Hall–Kier alpha value is -1.82. The number of nitrogens with one attached hydrogen (secondary N) is 1. The molecule has 0 radical (unpaired) electrons. The van der Waals surface area contributed by atoms with Gasteiger partial charge >= 0.3 is 0 Å². The van der Waals surface area contributed by atoms with Crippen LogP contribution in [0.15, 0.2) is 12.3 Å². The molecule has 5 nitrogen and oxygen atoms in total. The fourth-order valence-electron chi connectivity index (χ4n) is 2.01. The van der Waals surface area contributed by atoms with E-state index < -0.39 is 0 Å². The van der Waals surface area contributed by atoms with Gasteiger partial charge in [0.2, 0.25) is 0 Å². The second-order valence-electron chi connectivity index (χ2n) is 5.28. The molecule has 1 N–H and O–H groups in total. The average molecular weight is 277 g/mol. The SMILES string of the molecule is Cc1nc(C)n(-c2ncc(F)cc2CNCC(C)C)n1. The molecule has 0 fully saturated rings. The summed E-state index contributed by atoms with van der Waals surface area (Å²) in [6, 6.07) is 1.49. The first-order valence-electron chi connectivity index (χ1n) is 6.73. The minimum atomic E-state index is -0.343. The molecule has 0 saturated carbocycles. The smallest absolute Gasteiger partial charge is 0.160 e. The Morgan fingerprint density at radius 3 is 2.70 bits per heavy atom. The van der Waals surface area contributed by atoms with Crippen LogP contribution >= 0.6 is 0 Å². The second kappa shape index (κ2) is 6.09. The fourth-order valence-corrected chi connectivity index (χ4v) is 2.01. The van der Waals surface area contributed by atoms with Gasteiger partial charge in [0.25, 0.3) is 0 Å². The minimum Gasteiger partial charge on any atom is -0.312 e. The highest BCUT2D eigenvalue weighted by Gasteiger charge is 2.12. The summed E-state index contributed by atoms with van der Waals surface area (Å²) in [6.45, 7) is 9.35. The highest BCUT2D eigenvalue weighted by atomic mass is 19.1. The van der Waals surface area contributed by atoms with Gasteiger partial charge in [-0.15, -0.1) is 5.10 Å². The van der Waals surface area contributed by atoms with Gasteiger partial charge in [-0.2, -0.15) is 4.68 Å². The van der Waals surface area contributed by atoms with Crippen LogP contribution in [0.4, 0.5) is 4.39 Å². The maximum Gasteiger partial charge on any atom is 0.160 e. The van der Waals surface area contributed by atoms with E-state index in [1.165, 1.54) is 12.3 Å². The number of hydrogen-bond acceptors (Lipinski definition) is 4. The van der Waals surface area contributed by atoms with E-state index in [-0.39, 0.29) is 5.82 Å². The van der Waals surface area contributed by atoms with Crippen LogP contribution in [0.2, 0.25) is 0 Å². The van der Waals surface area contributed by atoms with Crippen LogP contribution in [-0.2, 0) is 6.54 Å². The number of aromatic nitrogens is 4. The standard InChI is InChI=1S/C14H20FN5/c1-9(2)6-16-7-12-5-13(15)8-17-14(12)20-11(4)18-10(3)19-20/h5,8-9,16H,6-7H2,1-4H3. The zero-order valence-corrected chi connectivity index (χ0v) is 12.3. The minimum absolute atomic E-state index is 0.343. The van der Waals surface area contributed by atoms with Gasteiger partial charge in [0.15, 0.2) is 5.82 Å². The van der Waals surface area contributed by atoms with Crippen LogP contribution in [0.1, 0.15) is 31.1 Å². The highest BCUT2D eigenvalue weighted by molar-refractivity contribution is 5.34. The lowest BCUT2D eigenvalue weighted by Crippen LogP contribution is -2.21. The van der Waals surface area contributed by atoms with Gasteiger partial charge in [-0.3, -0.25) is 0 Å². The normalized spacial score (nSPS) is 11.3. The third kappa shape index (κ3) is 3.39. The lowest BCUT2D eigenvalue weighted by Gasteiger charge is -2.11. The highest BCUT2D eigenvalue weighted by Crippen LogP contribution is 2.14. The van der Waals surface area contributed by atoms with Crippen LogP contribution in [0.25, 0.3) is 5.82 Å². The molecule has 0 aliphatic heterocycles. The predicted molar refractivity (Wildman–Crippen MR) is 75.1 cm³/mol. The summed E-state index contributed by atoms with van der Waals surface area (Å²) in [5, 5.41) is 7.60. The van der Waals surface area contributed by atoms with Gasteiger partial charge < -0.3 is 5.32 Å². The van der Waals surface area contributed by atoms with Crippen molar-refractivity contribution in [2.45, 2.75) is 34.2 Å². The van der Waals surface area contributed by atoms with Gasteiger partial charge in [-0.25, -0.2) is 14.4 Å². The molecule has 0 aliphatic carbocycles. The zero-order chi connectivity index (χ0) is 14.7. The summed E-state index contributed by atoms with van der Waals surface area (Å²) in [7, 11) is 0. The molecular formula is C14H20FN5. The molecule has 6 heteroatoms. The van der Waals surface area contributed by atoms with Crippen molar-refractivity contribution in [2.75, 3.05) is 6.54 Å². The molecule has 0 aromatic carbocycles. The number of halogens is 1. The maximum atomic E-state index is 13.4. The molecule has 0 aliphatic rings. The molecule has 2 aromatic rings. The molecule has 108 valence electrons. The lowest BCUT2D eigenvalue weighted by molar-refractivity contribution is 0.546. The van der Waals surface area contributed by atoms with Crippen LogP contribution in [-0.4, -0.2) is 26.3 Å². The van der Waals surface area contributed by atoms with E-state index >= 15 is 0 Å². The lowest BCUT2D eigenvalue weighted by atomic mass is 10.2. The Morgan fingerprint density at radius 1 is 1.35 bits per heavy atom. The fraction of sp³-hybridized carbons (Fsp3) is 0.500. The second-order valence-corrected chi connectivity index (χ2v) is 5.28. The van der Waals surface area contributed by atoms with E-state index in [0.717, 1.165) is 17.9 Å². The topological polar surface area (TPSA) is 55.6 Å². The third-order valence-corrected chi connectivity index (χ3v) is 2.85. The number of rotatable bonds is 5. The number of pyridine rings is 1. The van der Waals surface area contributed by atoms with Crippen LogP contribution in [0, 0.1) is 25.6 Å². The molecule has 20 heavy (non-hydrogen) atoms. The molecular weight excluding hydrogens is 257 g/mol. The molecule has 0 spiro atoms. The van der Waals surface area contributed by atoms with Gasteiger partial charge in [0.1, 0.15) is 17.5 Å². The largest absolute Gasteiger partial charge is 0.312 e. The van der Waals surface area contributed by atoms with Crippen molar-refractivity contribution < 1.29 is 4.39 Å². The molecule has 2 rings (SSSR count). The molecule has 0 unspecified atom stereocenters. The monoisotopic (exact) mass is 277 g/mol. The summed E-state index contributed by atoms with van der Waals surface area (Å²) in [4.78, 5) is 8.42. The Balaban J connectivity index is 2.30. The average Bonchev–Trinajstić information content (AvgIpc) is 2.68. The van der Waals surface area contributed by atoms with Crippen molar-refractivity contribution in [3.8, 4) is 5.82 Å². The number of hydrogen-bond donors (Lipinski definition) is 1. The van der Waals surface area contributed by atoms with Crippen molar-refractivity contribution in [1.29, 1.82) is 0 Å². The quantitative estimate of drug-likeness (QED) is 0.910. The Bertz CT molecular complexity index is 591. The summed E-state index contributed by atoms with van der Waals surface area (Å²) >= 11 is 0. The van der Waals surface area contributed by atoms with Crippen LogP contribution < -0.4 is 5.32 Å². The van der Waals surface area contributed by atoms with E-state index in [4.69, 9.17) is 0 Å². The summed E-state index contributed by atoms with van der Waals surface area (Å²) in [5.41, 5.74) is 0.777. The maximum absolute atomic E-state index is 13.4. The third-order valence-electron chi connectivity index (χ3n) is 2.85. The van der Waals surface area contributed by atoms with E-state index in [9.17, 15) is 4.39 Å². The van der Waals surface area contributed by atoms with Gasteiger partial charge in [0.05, 0.1) is 6.20 Å². The predicted octanol–water partition coefficient (Wildman–Crippen LogP) is 2.16. The Kier molecular flexibility index (Phi) is 4.44. The van der Waals surface area contributed by atoms with Crippen molar-refractivity contribution in [2.24, 2.45) is 5.92 Å². The molecule has 0 bridgehead atoms. The first-order chi connectivity index (χ1) is 9.47. The van der Waals surface area contributed by atoms with E-state index in [0.29, 0.717) is 24.1 Å². The van der Waals surface area contributed by atoms with Crippen LogP contribution in [0.3, 0.4) is 0 Å². The Morgan fingerprint density at radius 2 is 2.10 bits per heavy atom.